The monoisotopic (exact) mass is 445 g/mol. The van der Waals surface area contributed by atoms with Crippen molar-refractivity contribution in [2.75, 3.05) is 19.6 Å². The Kier molecular flexibility index (Phi) is 7.70. The largest absolute Gasteiger partial charge is 0.508 e. The first-order chi connectivity index (χ1) is 15.0. The van der Waals surface area contributed by atoms with Crippen LogP contribution in [0.3, 0.4) is 0 Å². The Hall–Kier alpha value is -2.28. The number of nitrogens with zero attached hydrogens (tertiary/aromatic N) is 2. The highest BCUT2D eigenvalue weighted by Crippen LogP contribution is 2.28. The third kappa shape index (κ3) is 6.37. The van der Waals surface area contributed by atoms with E-state index in [0.717, 1.165) is 30.8 Å². The van der Waals surface area contributed by atoms with Gasteiger partial charge in [-0.15, -0.1) is 0 Å². The van der Waals surface area contributed by atoms with Gasteiger partial charge in [0.2, 0.25) is 5.91 Å². The highest BCUT2D eigenvalue weighted by molar-refractivity contribution is 5.87. The zero-order chi connectivity index (χ0) is 23.5. The van der Waals surface area contributed by atoms with E-state index in [1.165, 1.54) is 24.2 Å². The number of aromatic hydroxyl groups is 1. The lowest BCUT2D eigenvalue weighted by Gasteiger charge is -2.38. The van der Waals surface area contributed by atoms with E-state index < -0.39 is 17.7 Å². The van der Waals surface area contributed by atoms with E-state index >= 15 is 0 Å². The lowest BCUT2D eigenvalue weighted by Crippen LogP contribution is -2.57. The van der Waals surface area contributed by atoms with Gasteiger partial charge in [-0.2, -0.15) is 0 Å². The average Bonchev–Trinajstić information content (AvgIpc) is 2.71. The molecule has 0 radical (unpaired) electrons. The lowest BCUT2D eigenvalue weighted by molar-refractivity contribution is -0.128. The van der Waals surface area contributed by atoms with Gasteiger partial charge in [0.05, 0.1) is 6.54 Å². The van der Waals surface area contributed by atoms with E-state index in [4.69, 9.17) is 4.74 Å². The highest BCUT2D eigenvalue weighted by atomic mass is 16.6. The molecule has 2 aliphatic heterocycles. The molecule has 2 aliphatic rings. The van der Waals surface area contributed by atoms with Crippen molar-refractivity contribution in [2.45, 2.75) is 84.5 Å². The second-order valence-corrected chi connectivity index (χ2v) is 10.5. The molecule has 3 rings (SSSR count). The molecule has 0 bridgehead atoms. The Morgan fingerprint density at radius 2 is 1.84 bits per heavy atom. The van der Waals surface area contributed by atoms with Gasteiger partial charge in [-0.05, 0) is 75.9 Å². The van der Waals surface area contributed by atoms with Gasteiger partial charge in [-0.3, -0.25) is 9.69 Å². The van der Waals surface area contributed by atoms with Crippen LogP contribution in [0.4, 0.5) is 4.79 Å². The predicted molar refractivity (Wildman–Crippen MR) is 124 cm³/mol. The highest BCUT2D eigenvalue weighted by Gasteiger charge is 2.38. The molecule has 1 fully saturated rings. The first kappa shape index (κ1) is 24.4. The zero-order valence-electron chi connectivity index (χ0n) is 20.2. The fourth-order valence-corrected chi connectivity index (χ4v) is 4.44. The Balaban J connectivity index is 1.79. The SMILES string of the molecule is CC(C)[C@@H](CN1CCCCC1)NC(=O)[C@H]1Cc2ccc(O)cc2CN1C(=O)OC(C)(C)C. The van der Waals surface area contributed by atoms with Gasteiger partial charge >= 0.3 is 6.09 Å². The minimum Gasteiger partial charge on any atom is -0.508 e. The standard InChI is InChI=1S/C25H39N3O4/c1-17(2)21(16-27-11-7-6-8-12-27)26-23(30)22-14-18-9-10-20(29)13-19(18)15-28(22)24(31)32-25(3,4)5/h9-10,13,17,21-22,29H,6-8,11-12,14-16H2,1-5H3,(H,26,30)/t21-,22-/m1/s1. The third-order valence-corrected chi connectivity index (χ3v) is 6.29. The number of phenols is 1. The molecule has 0 aromatic heterocycles. The Bertz CT molecular complexity index is 812. The van der Waals surface area contributed by atoms with E-state index in [1.807, 2.05) is 26.8 Å². The van der Waals surface area contributed by atoms with E-state index in [-0.39, 0.29) is 30.2 Å². The summed E-state index contributed by atoms with van der Waals surface area (Å²) in [7, 11) is 0. The molecule has 2 N–H and O–H groups in total. The van der Waals surface area contributed by atoms with Crippen molar-refractivity contribution < 1.29 is 19.4 Å². The Morgan fingerprint density at radius 3 is 2.47 bits per heavy atom. The molecule has 0 unspecified atom stereocenters. The number of ether oxygens (including phenoxy) is 1. The molecule has 0 aliphatic carbocycles. The van der Waals surface area contributed by atoms with Crippen LogP contribution in [-0.4, -0.2) is 64.2 Å². The summed E-state index contributed by atoms with van der Waals surface area (Å²) >= 11 is 0. The molecule has 0 spiro atoms. The van der Waals surface area contributed by atoms with Crippen molar-refractivity contribution in [2.24, 2.45) is 5.92 Å². The van der Waals surface area contributed by atoms with Crippen LogP contribution >= 0.6 is 0 Å². The summed E-state index contributed by atoms with van der Waals surface area (Å²) < 4.78 is 5.61. The second-order valence-electron chi connectivity index (χ2n) is 10.5. The fourth-order valence-electron chi connectivity index (χ4n) is 4.44. The van der Waals surface area contributed by atoms with Crippen LogP contribution in [0.25, 0.3) is 0 Å². The quantitative estimate of drug-likeness (QED) is 0.723. The third-order valence-electron chi connectivity index (χ3n) is 6.29. The maximum Gasteiger partial charge on any atom is 0.411 e. The summed E-state index contributed by atoms with van der Waals surface area (Å²) in [5.74, 6) is 0.283. The number of rotatable bonds is 5. The topological polar surface area (TPSA) is 82.1 Å². The van der Waals surface area contributed by atoms with Crippen molar-refractivity contribution in [1.29, 1.82) is 0 Å². The number of nitrogens with one attached hydrogen (secondary N) is 1. The number of carbonyl (C=O) groups excluding carboxylic acids is 2. The Labute approximate surface area is 192 Å². The molecule has 1 aromatic carbocycles. The van der Waals surface area contributed by atoms with Gasteiger partial charge in [0.1, 0.15) is 17.4 Å². The fraction of sp³-hybridized carbons (Fsp3) is 0.680. The van der Waals surface area contributed by atoms with Crippen LogP contribution in [0.5, 0.6) is 5.75 Å². The number of carbonyl (C=O) groups is 2. The first-order valence-corrected chi connectivity index (χ1v) is 11.9. The van der Waals surface area contributed by atoms with Crippen molar-refractivity contribution in [3.05, 3.63) is 29.3 Å². The number of likely N-dealkylation sites (tertiary alicyclic amines) is 1. The minimum atomic E-state index is -0.661. The smallest absolute Gasteiger partial charge is 0.411 e. The van der Waals surface area contributed by atoms with Crippen molar-refractivity contribution >= 4 is 12.0 Å². The van der Waals surface area contributed by atoms with Gasteiger partial charge in [0.15, 0.2) is 0 Å². The van der Waals surface area contributed by atoms with Gasteiger partial charge in [-0.25, -0.2) is 4.79 Å². The van der Waals surface area contributed by atoms with Crippen LogP contribution in [0, 0.1) is 5.92 Å². The van der Waals surface area contributed by atoms with Crippen molar-refractivity contribution in [3.63, 3.8) is 0 Å². The van der Waals surface area contributed by atoms with Gasteiger partial charge < -0.3 is 20.1 Å². The number of amides is 2. The number of fused-ring (bicyclic) bond motifs is 1. The molecular formula is C25H39N3O4. The average molecular weight is 446 g/mol. The number of phenolic OH excluding ortho intramolecular Hbond substituents is 1. The maximum atomic E-state index is 13.5. The van der Waals surface area contributed by atoms with E-state index in [0.29, 0.717) is 6.42 Å². The second kappa shape index (κ2) is 10.1. The molecule has 1 saturated heterocycles. The molecule has 2 heterocycles. The normalized spacial score (nSPS) is 20.6. The van der Waals surface area contributed by atoms with Crippen molar-refractivity contribution in [3.8, 4) is 5.75 Å². The number of hydrogen-bond acceptors (Lipinski definition) is 5. The van der Waals surface area contributed by atoms with Crippen LogP contribution in [-0.2, 0) is 22.5 Å². The number of hydrogen-bond donors (Lipinski definition) is 2. The van der Waals surface area contributed by atoms with Gasteiger partial charge in [0, 0.05) is 19.0 Å². The number of piperidine rings is 1. The zero-order valence-corrected chi connectivity index (χ0v) is 20.2. The van der Waals surface area contributed by atoms with E-state index in [2.05, 4.69) is 24.1 Å². The molecule has 7 heteroatoms. The lowest BCUT2D eigenvalue weighted by atomic mass is 9.92. The summed E-state index contributed by atoms with van der Waals surface area (Å²) in [6, 6.07) is 4.50. The number of benzene rings is 1. The molecule has 0 saturated carbocycles. The van der Waals surface area contributed by atoms with E-state index in [9.17, 15) is 14.7 Å². The molecule has 7 nitrogen and oxygen atoms in total. The van der Waals surface area contributed by atoms with Crippen LogP contribution < -0.4 is 5.32 Å². The molecule has 2 atom stereocenters. The van der Waals surface area contributed by atoms with Gasteiger partial charge in [-0.1, -0.05) is 26.3 Å². The molecule has 2 amide bonds. The molecule has 178 valence electrons. The summed E-state index contributed by atoms with van der Waals surface area (Å²) in [5, 5.41) is 13.1. The van der Waals surface area contributed by atoms with Crippen LogP contribution in [0.2, 0.25) is 0 Å². The maximum absolute atomic E-state index is 13.5. The minimum absolute atomic E-state index is 0.0160. The van der Waals surface area contributed by atoms with Crippen LogP contribution in [0.15, 0.2) is 18.2 Å². The van der Waals surface area contributed by atoms with Crippen molar-refractivity contribution in [1.82, 2.24) is 15.1 Å². The summed E-state index contributed by atoms with van der Waals surface area (Å²) in [5.41, 5.74) is 1.15. The predicted octanol–water partition coefficient (Wildman–Crippen LogP) is 3.68. The summed E-state index contributed by atoms with van der Waals surface area (Å²) in [4.78, 5) is 30.4. The van der Waals surface area contributed by atoms with E-state index in [1.54, 1.807) is 12.1 Å². The van der Waals surface area contributed by atoms with Gasteiger partial charge in [0.25, 0.3) is 0 Å². The Morgan fingerprint density at radius 1 is 1.16 bits per heavy atom. The molecule has 32 heavy (non-hydrogen) atoms. The van der Waals surface area contributed by atoms with Crippen LogP contribution in [0.1, 0.15) is 65.0 Å². The molecular weight excluding hydrogens is 406 g/mol. The molecule has 1 aromatic rings. The summed E-state index contributed by atoms with van der Waals surface area (Å²) in [6.45, 7) is 12.9. The first-order valence-electron chi connectivity index (χ1n) is 11.9. The summed E-state index contributed by atoms with van der Waals surface area (Å²) in [6.07, 6.45) is 3.57.